The summed E-state index contributed by atoms with van der Waals surface area (Å²) in [5, 5.41) is 2.66. The van der Waals surface area contributed by atoms with Crippen molar-refractivity contribution in [3.8, 4) is 11.5 Å². The summed E-state index contributed by atoms with van der Waals surface area (Å²) in [5.74, 6) is -0.568. The number of amides is 1. The van der Waals surface area contributed by atoms with Gasteiger partial charge in [0.1, 0.15) is 17.3 Å². The zero-order valence-corrected chi connectivity index (χ0v) is 18.6. The van der Waals surface area contributed by atoms with Gasteiger partial charge in [0.2, 0.25) is 10.0 Å². The second-order valence-electron chi connectivity index (χ2n) is 6.97. The molecule has 0 aromatic heterocycles. The zero-order chi connectivity index (χ0) is 22.4. The van der Waals surface area contributed by atoms with E-state index in [1.807, 2.05) is 0 Å². The first-order valence-corrected chi connectivity index (χ1v) is 11.8. The molecular formula is C21H24ClFN2O5S. The first-order chi connectivity index (χ1) is 14.8. The fraction of sp³-hybridized carbons (Fsp3) is 0.381. The van der Waals surface area contributed by atoms with Crippen LogP contribution in [0.25, 0.3) is 0 Å². The quantitative estimate of drug-likeness (QED) is 0.628. The van der Waals surface area contributed by atoms with Crippen molar-refractivity contribution in [2.24, 2.45) is 0 Å². The van der Waals surface area contributed by atoms with Crippen molar-refractivity contribution in [1.29, 1.82) is 0 Å². The van der Waals surface area contributed by atoms with Crippen molar-refractivity contribution in [3.05, 3.63) is 47.2 Å². The molecule has 3 rings (SSSR count). The third-order valence-electron chi connectivity index (χ3n) is 4.73. The van der Waals surface area contributed by atoms with Gasteiger partial charge >= 0.3 is 0 Å². The number of anilines is 1. The number of piperidine rings is 1. The average molecular weight is 471 g/mol. The van der Waals surface area contributed by atoms with Crippen LogP contribution >= 0.6 is 11.6 Å². The number of carbonyl (C=O) groups excluding carboxylic acids is 1. The number of nitrogens with one attached hydrogen (secondary N) is 1. The van der Waals surface area contributed by atoms with E-state index in [9.17, 15) is 17.6 Å². The van der Waals surface area contributed by atoms with Crippen LogP contribution < -0.4 is 14.8 Å². The van der Waals surface area contributed by atoms with Gasteiger partial charge in [0.15, 0.2) is 6.61 Å². The van der Waals surface area contributed by atoms with Gasteiger partial charge in [0.25, 0.3) is 5.91 Å². The molecule has 1 saturated heterocycles. The van der Waals surface area contributed by atoms with E-state index in [1.165, 1.54) is 34.6 Å². The number of ether oxygens (including phenoxy) is 2. The molecule has 2 aromatic rings. The molecule has 1 amide bonds. The van der Waals surface area contributed by atoms with Gasteiger partial charge in [-0.2, -0.15) is 4.31 Å². The molecule has 0 radical (unpaired) electrons. The normalized spacial score (nSPS) is 14.8. The van der Waals surface area contributed by atoms with E-state index >= 15 is 0 Å². The highest BCUT2D eigenvalue weighted by Crippen LogP contribution is 2.30. The average Bonchev–Trinajstić information content (AvgIpc) is 2.75. The predicted molar refractivity (Wildman–Crippen MR) is 116 cm³/mol. The monoisotopic (exact) mass is 470 g/mol. The van der Waals surface area contributed by atoms with Gasteiger partial charge in [-0.15, -0.1) is 0 Å². The number of hydrogen-bond donors (Lipinski definition) is 1. The van der Waals surface area contributed by atoms with Gasteiger partial charge in [0.05, 0.1) is 22.2 Å². The largest absolute Gasteiger partial charge is 0.492 e. The highest BCUT2D eigenvalue weighted by Gasteiger charge is 2.27. The van der Waals surface area contributed by atoms with Gasteiger partial charge in [-0.25, -0.2) is 12.8 Å². The summed E-state index contributed by atoms with van der Waals surface area (Å²) in [5.41, 5.74) is 0.221. The second kappa shape index (κ2) is 10.3. The van der Waals surface area contributed by atoms with Gasteiger partial charge in [-0.1, -0.05) is 18.0 Å². The van der Waals surface area contributed by atoms with Gasteiger partial charge in [0, 0.05) is 13.1 Å². The molecule has 2 aromatic carbocycles. The number of sulfonamides is 1. The highest BCUT2D eigenvalue weighted by atomic mass is 35.5. The summed E-state index contributed by atoms with van der Waals surface area (Å²) in [7, 11) is -3.67. The Balaban J connectivity index is 1.76. The van der Waals surface area contributed by atoms with E-state index in [4.69, 9.17) is 21.1 Å². The number of hydrogen-bond acceptors (Lipinski definition) is 5. The van der Waals surface area contributed by atoms with Crippen LogP contribution in [-0.2, 0) is 14.8 Å². The smallest absolute Gasteiger partial charge is 0.262 e. The molecule has 7 nitrogen and oxygen atoms in total. The van der Waals surface area contributed by atoms with Crippen molar-refractivity contribution < 1.29 is 27.1 Å². The van der Waals surface area contributed by atoms with Gasteiger partial charge in [-0.3, -0.25) is 4.79 Å². The molecule has 0 spiro atoms. The predicted octanol–water partition coefficient (Wildman–Crippen LogP) is 4.07. The van der Waals surface area contributed by atoms with Gasteiger partial charge < -0.3 is 14.8 Å². The van der Waals surface area contributed by atoms with Crippen molar-refractivity contribution in [1.82, 2.24) is 4.31 Å². The lowest BCUT2D eigenvalue weighted by Gasteiger charge is -2.26. The van der Waals surface area contributed by atoms with Gasteiger partial charge in [-0.05, 0) is 56.2 Å². The zero-order valence-electron chi connectivity index (χ0n) is 17.1. The molecular weight excluding hydrogens is 447 g/mol. The fourth-order valence-corrected chi connectivity index (χ4v) is 4.99. The lowest BCUT2D eigenvalue weighted by atomic mass is 10.2. The fourth-order valence-electron chi connectivity index (χ4n) is 3.22. The molecule has 0 saturated carbocycles. The Labute approximate surface area is 186 Å². The minimum Gasteiger partial charge on any atom is -0.492 e. The molecule has 1 heterocycles. The van der Waals surface area contributed by atoms with Crippen LogP contribution in [0.5, 0.6) is 11.5 Å². The van der Waals surface area contributed by atoms with Crippen molar-refractivity contribution in [2.75, 3.05) is 31.6 Å². The van der Waals surface area contributed by atoms with Crippen LogP contribution in [0.1, 0.15) is 26.2 Å². The van der Waals surface area contributed by atoms with E-state index in [0.717, 1.165) is 25.3 Å². The molecule has 0 bridgehead atoms. The molecule has 1 aliphatic heterocycles. The maximum atomic E-state index is 13.1. The molecule has 0 unspecified atom stereocenters. The Morgan fingerprint density at radius 3 is 2.48 bits per heavy atom. The van der Waals surface area contributed by atoms with E-state index in [-0.39, 0.29) is 21.4 Å². The molecule has 0 aliphatic carbocycles. The maximum absolute atomic E-state index is 13.1. The summed E-state index contributed by atoms with van der Waals surface area (Å²) in [4.78, 5) is 12.5. The lowest BCUT2D eigenvalue weighted by molar-refractivity contribution is -0.118. The number of benzene rings is 2. The summed E-state index contributed by atoms with van der Waals surface area (Å²) >= 11 is 5.90. The van der Waals surface area contributed by atoms with Crippen molar-refractivity contribution in [2.45, 2.75) is 31.1 Å². The maximum Gasteiger partial charge on any atom is 0.262 e. The number of carbonyl (C=O) groups is 1. The summed E-state index contributed by atoms with van der Waals surface area (Å²) in [6, 6.07) is 7.95. The lowest BCUT2D eigenvalue weighted by Crippen LogP contribution is -2.35. The molecule has 31 heavy (non-hydrogen) atoms. The van der Waals surface area contributed by atoms with Crippen molar-refractivity contribution >= 4 is 33.2 Å². The van der Waals surface area contributed by atoms with E-state index in [2.05, 4.69) is 5.32 Å². The molecule has 1 N–H and O–H groups in total. The SMILES string of the molecule is CCOc1ccc(S(=O)(=O)N2CCCCC2)cc1NC(=O)COc1ccc(F)cc1Cl. The van der Waals surface area contributed by atoms with Crippen LogP contribution in [0.3, 0.4) is 0 Å². The molecule has 1 aliphatic rings. The third kappa shape index (κ3) is 5.87. The number of nitrogens with zero attached hydrogens (tertiary/aromatic N) is 1. The first kappa shape index (κ1) is 23.3. The minimum absolute atomic E-state index is 0.0393. The second-order valence-corrected chi connectivity index (χ2v) is 9.31. The van der Waals surface area contributed by atoms with Crippen LogP contribution in [0.2, 0.25) is 5.02 Å². The summed E-state index contributed by atoms with van der Waals surface area (Å²) in [6.45, 7) is 2.67. The standard InChI is InChI=1S/C21H24ClFN2O5S/c1-2-29-20-9-7-16(31(27,28)25-10-4-3-5-11-25)13-18(20)24-21(26)14-30-19-8-6-15(23)12-17(19)22/h6-9,12-13H,2-5,10-11,14H2,1H3,(H,24,26). The number of halogens is 2. The molecule has 10 heteroatoms. The topological polar surface area (TPSA) is 84.9 Å². The molecule has 168 valence electrons. The van der Waals surface area contributed by atoms with Crippen LogP contribution in [0.4, 0.5) is 10.1 Å². The van der Waals surface area contributed by atoms with E-state index in [1.54, 1.807) is 6.92 Å². The first-order valence-electron chi connectivity index (χ1n) is 9.96. The Hall–Kier alpha value is -2.36. The Morgan fingerprint density at radius 1 is 1.10 bits per heavy atom. The summed E-state index contributed by atoms with van der Waals surface area (Å²) in [6.07, 6.45) is 2.65. The van der Waals surface area contributed by atoms with E-state index < -0.39 is 28.4 Å². The molecule has 1 fully saturated rings. The minimum atomic E-state index is -3.67. The van der Waals surface area contributed by atoms with Crippen LogP contribution in [-0.4, -0.2) is 44.9 Å². The summed E-state index contributed by atoms with van der Waals surface area (Å²) < 4.78 is 51.4. The number of rotatable bonds is 8. The Morgan fingerprint density at radius 2 is 1.81 bits per heavy atom. The Kier molecular flexibility index (Phi) is 7.74. The van der Waals surface area contributed by atoms with Crippen molar-refractivity contribution in [3.63, 3.8) is 0 Å². The van der Waals surface area contributed by atoms with Crippen LogP contribution in [0.15, 0.2) is 41.3 Å². The van der Waals surface area contributed by atoms with Crippen LogP contribution in [0, 0.1) is 5.82 Å². The Bertz CT molecular complexity index is 1040. The van der Waals surface area contributed by atoms with E-state index in [0.29, 0.717) is 25.4 Å². The highest BCUT2D eigenvalue weighted by molar-refractivity contribution is 7.89. The molecule has 0 atom stereocenters. The third-order valence-corrected chi connectivity index (χ3v) is 6.92.